The average Bonchev–Trinajstić information content (AvgIpc) is 2.74. The van der Waals surface area contributed by atoms with Gasteiger partial charge in [0.1, 0.15) is 10.1 Å². The molecule has 1 aromatic carbocycles. The van der Waals surface area contributed by atoms with E-state index in [0.717, 1.165) is 5.75 Å². The summed E-state index contributed by atoms with van der Waals surface area (Å²) in [5.41, 5.74) is 0.565. The molecule has 0 unspecified atom stereocenters. The zero-order valence-electron chi connectivity index (χ0n) is 8.80. The van der Waals surface area contributed by atoms with Crippen LogP contribution in [-0.2, 0) is 0 Å². The second-order valence-corrected chi connectivity index (χ2v) is 5.00. The summed E-state index contributed by atoms with van der Waals surface area (Å²) in [6.45, 7) is 0.681. The van der Waals surface area contributed by atoms with Crippen LogP contribution in [0.15, 0.2) is 24.3 Å². The molecule has 5 heteroatoms. The largest absolute Gasteiger partial charge is 0.496 e. The Morgan fingerprint density at radius 1 is 1.50 bits per heavy atom. The Balaban J connectivity index is 2.30. The number of methoxy groups -OCH3 is 1. The number of amides is 1. The molecule has 84 valence electrons. The number of hydrogen-bond donors (Lipinski definition) is 0. The Morgan fingerprint density at radius 3 is 2.88 bits per heavy atom. The number of hydrogen-bond acceptors (Lipinski definition) is 4. The van der Waals surface area contributed by atoms with Crippen LogP contribution in [0.25, 0.3) is 0 Å². The Labute approximate surface area is 104 Å². The number of nitrogens with zero attached hydrogens (tertiary/aromatic N) is 1. The van der Waals surface area contributed by atoms with Gasteiger partial charge in [-0.3, -0.25) is 9.69 Å². The van der Waals surface area contributed by atoms with E-state index in [2.05, 4.69) is 0 Å². The predicted molar refractivity (Wildman–Crippen MR) is 69.1 cm³/mol. The Hall–Kier alpha value is -1.07. The Morgan fingerprint density at radius 2 is 2.25 bits per heavy atom. The first-order valence-electron chi connectivity index (χ1n) is 4.85. The first-order valence-corrected chi connectivity index (χ1v) is 6.25. The minimum Gasteiger partial charge on any atom is -0.496 e. The minimum atomic E-state index is -0.0764. The van der Waals surface area contributed by atoms with Gasteiger partial charge in [-0.2, -0.15) is 0 Å². The van der Waals surface area contributed by atoms with Gasteiger partial charge in [-0.05, 0) is 12.1 Å². The lowest BCUT2D eigenvalue weighted by atomic mass is 10.2. The van der Waals surface area contributed by atoms with Crippen molar-refractivity contribution in [2.24, 2.45) is 0 Å². The maximum Gasteiger partial charge on any atom is 0.263 e. The summed E-state index contributed by atoms with van der Waals surface area (Å²) in [5.74, 6) is 1.39. The highest BCUT2D eigenvalue weighted by molar-refractivity contribution is 8.23. The minimum absolute atomic E-state index is 0.0764. The van der Waals surface area contributed by atoms with Crippen molar-refractivity contribution in [3.63, 3.8) is 0 Å². The monoisotopic (exact) mass is 253 g/mol. The molecule has 1 fully saturated rings. The van der Waals surface area contributed by atoms with Crippen LogP contribution in [0.2, 0.25) is 0 Å². The van der Waals surface area contributed by atoms with E-state index >= 15 is 0 Å². The van der Waals surface area contributed by atoms with Gasteiger partial charge in [0.25, 0.3) is 5.91 Å². The molecule has 2 rings (SSSR count). The fourth-order valence-corrected chi connectivity index (χ4v) is 2.75. The summed E-state index contributed by atoms with van der Waals surface area (Å²) >= 11 is 6.66. The lowest BCUT2D eigenvalue weighted by Gasteiger charge is -2.16. The van der Waals surface area contributed by atoms with Crippen molar-refractivity contribution in [1.29, 1.82) is 0 Å². The lowest BCUT2D eigenvalue weighted by Crippen LogP contribution is -2.30. The van der Waals surface area contributed by atoms with Crippen LogP contribution < -0.4 is 4.74 Å². The number of thiocarbonyl (C=S) groups is 1. The van der Waals surface area contributed by atoms with Gasteiger partial charge in [-0.15, -0.1) is 0 Å². The van der Waals surface area contributed by atoms with Crippen molar-refractivity contribution in [3.8, 4) is 5.75 Å². The van der Waals surface area contributed by atoms with Crippen molar-refractivity contribution in [1.82, 2.24) is 4.90 Å². The van der Waals surface area contributed by atoms with E-state index in [4.69, 9.17) is 17.0 Å². The van der Waals surface area contributed by atoms with Crippen LogP contribution in [0, 0.1) is 0 Å². The van der Waals surface area contributed by atoms with Crippen molar-refractivity contribution in [2.75, 3.05) is 19.4 Å². The van der Waals surface area contributed by atoms with Gasteiger partial charge in [0.15, 0.2) is 0 Å². The molecule has 1 aliphatic rings. The third-order valence-corrected chi connectivity index (χ3v) is 3.77. The van der Waals surface area contributed by atoms with Crippen LogP contribution in [0.4, 0.5) is 0 Å². The predicted octanol–water partition coefficient (Wildman–Crippen LogP) is 2.17. The number of benzene rings is 1. The van der Waals surface area contributed by atoms with E-state index in [-0.39, 0.29) is 5.91 Å². The number of ether oxygens (including phenoxy) is 1. The number of thioether (sulfide) groups is 1. The summed E-state index contributed by atoms with van der Waals surface area (Å²) in [6.07, 6.45) is 0. The average molecular weight is 253 g/mol. The summed E-state index contributed by atoms with van der Waals surface area (Å²) in [5, 5.41) is 0. The fourth-order valence-electron chi connectivity index (χ4n) is 1.54. The number of rotatable bonds is 2. The van der Waals surface area contributed by atoms with Gasteiger partial charge in [0.2, 0.25) is 0 Å². The number of para-hydroxylation sites is 1. The van der Waals surface area contributed by atoms with E-state index in [1.807, 2.05) is 12.1 Å². The third-order valence-electron chi connectivity index (χ3n) is 2.34. The van der Waals surface area contributed by atoms with Crippen LogP contribution in [0.1, 0.15) is 10.4 Å². The van der Waals surface area contributed by atoms with Crippen LogP contribution >= 0.6 is 24.0 Å². The first-order chi connectivity index (χ1) is 7.74. The molecule has 1 heterocycles. The standard InChI is InChI=1S/C11H11NO2S2/c1-14-9-5-3-2-4-8(9)10(13)12-6-7-16-11(12)15/h2-5H,6-7H2,1H3. The molecular formula is C11H11NO2S2. The topological polar surface area (TPSA) is 29.5 Å². The Bertz CT molecular complexity index is 434. The van der Waals surface area contributed by atoms with Gasteiger partial charge >= 0.3 is 0 Å². The summed E-state index contributed by atoms with van der Waals surface area (Å²) in [4.78, 5) is 13.8. The third kappa shape index (κ3) is 2.05. The van der Waals surface area contributed by atoms with E-state index < -0.39 is 0 Å². The molecule has 0 bridgehead atoms. The Kier molecular flexibility index (Phi) is 3.46. The first kappa shape index (κ1) is 11.4. The van der Waals surface area contributed by atoms with Gasteiger partial charge in [-0.25, -0.2) is 0 Å². The molecule has 1 amide bonds. The van der Waals surface area contributed by atoms with E-state index in [1.54, 1.807) is 24.1 Å². The van der Waals surface area contributed by atoms with Crippen molar-refractivity contribution in [3.05, 3.63) is 29.8 Å². The van der Waals surface area contributed by atoms with Crippen LogP contribution in [0.5, 0.6) is 5.75 Å². The highest BCUT2D eigenvalue weighted by Gasteiger charge is 2.26. The normalized spacial score (nSPS) is 15.3. The van der Waals surface area contributed by atoms with Gasteiger partial charge in [0.05, 0.1) is 12.7 Å². The zero-order chi connectivity index (χ0) is 11.5. The second-order valence-electron chi connectivity index (χ2n) is 3.27. The molecule has 3 nitrogen and oxygen atoms in total. The SMILES string of the molecule is COc1ccccc1C(=O)N1CCSC1=S. The van der Waals surface area contributed by atoms with Crippen LogP contribution in [0.3, 0.4) is 0 Å². The highest BCUT2D eigenvalue weighted by atomic mass is 32.2. The summed E-state index contributed by atoms with van der Waals surface area (Å²) < 4.78 is 5.81. The van der Waals surface area contributed by atoms with Gasteiger partial charge < -0.3 is 4.74 Å². The van der Waals surface area contributed by atoms with Gasteiger partial charge in [0, 0.05) is 12.3 Å². The lowest BCUT2D eigenvalue weighted by molar-refractivity contribution is 0.0858. The molecule has 1 saturated heterocycles. The zero-order valence-corrected chi connectivity index (χ0v) is 10.4. The molecule has 0 radical (unpaired) electrons. The summed E-state index contributed by atoms with van der Waals surface area (Å²) in [6, 6.07) is 7.20. The van der Waals surface area contributed by atoms with Crippen molar-refractivity contribution < 1.29 is 9.53 Å². The molecular weight excluding hydrogens is 242 g/mol. The molecule has 0 spiro atoms. The molecule has 0 saturated carbocycles. The molecule has 0 aromatic heterocycles. The molecule has 0 atom stereocenters. The maximum absolute atomic E-state index is 12.2. The van der Waals surface area contributed by atoms with E-state index in [9.17, 15) is 4.79 Å². The molecule has 0 aliphatic carbocycles. The molecule has 1 aromatic rings. The molecule has 0 N–H and O–H groups in total. The van der Waals surface area contributed by atoms with Crippen molar-refractivity contribution in [2.45, 2.75) is 0 Å². The highest BCUT2D eigenvalue weighted by Crippen LogP contribution is 2.24. The van der Waals surface area contributed by atoms with E-state index in [1.165, 1.54) is 11.8 Å². The smallest absolute Gasteiger partial charge is 0.263 e. The fraction of sp³-hybridized carbons (Fsp3) is 0.273. The molecule has 16 heavy (non-hydrogen) atoms. The van der Waals surface area contributed by atoms with E-state index in [0.29, 0.717) is 22.2 Å². The molecule has 1 aliphatic heterocycles. The van der Waals surface area contributed by atoms with Crippen LogP contribution in [-0.4, -0.2) is 34.5 Å². The van der Waals surface area contributed by atoms with Gasteiger partial charge in [-0.1, -0.05) is 36.1 Å². The second kappa shape index (κ2) is 4.84. The maximum atomic E-state index is 12.2. The van der Waals surface area contributed by atoms with Crippen molar-refractivity contribution >= 4 is 34.2 Å². The number of carbonyl (C=O) groups excluding carboxylic acids is 1. The quantitative estimate of drug-likeness (QED) is 0.756. The number of carbonyl (C=O) groups is 1. The summed E-state index contributed by atoms with van der Waals surface area (Å²) in [7, 11) is 1.56.